The molecule has 2 fully saturated rings. The Kier molecular flexibility index (Phi) is 5.49. The molecule has 0 radical (unpaired) electrons. The number of nitrogens with zero attached hydrogens (tertiary/aromatic N) is 2. The summed E-state index contributed by atoms with van der Waals surface area (Å²) in [6.07, 6.45) is 6.50. The quantitative estimate of drug-likeness (QED) is 0.926. The number of aromatic nitrogens is 1. The molecule has 0 saturated carbocycles. The number of hydrogen-bond acceptors (Lipinski definition) is 4. The summed E-state index contributed by atoms with van der Waals surface area (Å²) < 4.78 is 5.50. The number of carbonyl (C=O) groups excluding carboxylic acids is 1. The van der Waals surface area contributed by atoms with Gasteiger partial charge < -0.3 is 15.0 Å². The fourth-order valence-corrected chi connectivity index (χ4v) is 3.87. The summed E-state index contributed by atoms with van der Waals surface area (Å²) in [6.45, 7) is 6.44. The molecule has 0 spiro atoms. The van der Waals surface area contributed by atoms with Crippen LogP contribution in [0, 0.1) is 11.8 Å². The van der Waals surface area contributed by atoms with E-state index in [9.17, 15) is 4.79 Å². The Bertz CT molecular complexity index is 521. The molecule has 5 nitrogen and oxygen atoms in total. The van der Waals surface area contributed by atoms with E-state index in [1.165, 1.54) is 12.8 Å². The smallest absolute Gasteiger partial charge is 0.259 e. The van der Waals surface area contributed by atoms with Crippen LogP contribution in [0.2, 0.25) is 0 Å². The van der Waals surface area contributed by atoms with Crippen LogP contribution < -0.4 is 10.1 Å². The molecule has 2 aliphatic rings. The van der Waals surface area contributed by atoms with E-state index >= 15 is 0 Å². The minimum absolute atomic E-state index is 0.0605. The average Bonchev–Trinajstić information content (AvgIpc) is 2.63. The third-order valence-corrected chi connectivity index (χ3v) is 5.16. The lowest BCUT2D eigenvalue weighted by Crippen LogP contribution is -2.42. The van der Waals surface area contributed by atoms with Gasteiger partial charge in [-0.3, -0.25) is 4.79 Å². The van der Waals surface area contributed by atoms with Crippen molar-refractivity contribution in [3.05, 3.63) is 23.9 Å². The number of rotatable bonds is 4. The molecule has 3 rings (SSSR count). The Hall–Kier alpha value is -1.62. The van der Waals surface area contributed by atoms with Crippen molar-refractivity contribution >= 4 is 5.91 Å². The zero-order valence-electron chi connectivity index (χ0n) is 14.0. The number of ether oxygens (including phenoxy) is 1. The highest BCUT2D eigenvalue weighted by molar-refractivity contribution is 5.96. The SMILES string of the molecule is CCOc1ncccc1C(=O)N1CCC(C2CCNCC2)CC1. The van der Waals surface area contributed by atoms with Crippen molar-refractivity contribution in [1.82, 2.24) is 15.2 Å². The Morgan fingerprint density at radius 1 is 1.26 bits per heavy atom. The standard InChI is InChI=1S/C18H27N3O2/c1-2-23-17-16(4-3-9-20-17)18(22)21-12-7-15(8-13-21)14-5-10-19-11-6-14/h3-4,9,14-15,19H,2,5-8,10-13H2,1H3. The number of nitrogens with one attached hydrogen (secondary N) is 1. The molecule has 23 heavy (non-hydrogen) atoms. The summed E-state index contributed by atoms with van der Waals surface area (Å²) in [5, 5.41) is 3.44. The van der Waals surface area contributed by atoms with E-state index < -0.39 is 0 Å². The number of hydrogen-bond donors (Lipinski definition) is 1. The van der Waals surface area contributed by atoms with Gasteiger partial charge in [0.1, 0.15) is 5.56 Å². The molecule has 3 heterocycles. The van der Waals surface area contributed by atoms with E-state index in [0.29, 0.717) is 18.1 Å². The van der Waals surface area contributed by atoms with E-state index in [1.54, 1.807) is 12.3 Å². The van der Waals surface area contributed by atoms with E-state index in [0.717, 1.165) is 50.9 Å². The van der Waals surface area contributed by atoms with Gasteiger partial charge in [0.15, 0.2) is 0 Å². The predicted molar refractivity (Wildman–Crippen MR) is 89.6 cm³/mol. The first kappa shape index (κ1) is 16.2. The van der Waals surface area contributed by atoms with Crippen LogP contribution >= 0.6 is 0 Å². The van der Waals surface area contributed by atoms with Crippen molar-refractivity contribution in [2.75, 3.05) is 32.8 Å². The van der Waals surface area contributed by atoms with E-state index in [-0.39, 0.29) is 5.91 Å². The fraction of sp³-hybridized carbons (Fsp3) is 0.667. The summed E-state index contributed by atoms with van der Waals surface area (Å²) >= 11 is 0. The van der Waals surface area contributed by atoms with Gasteiger partial charge in [0.2, 0.25) is 5.88 Å². The normalized spacial score (nSPS) is 20.5. The zero-order chi connectivity index (χ0) is 16.1. The number of likely N-dealkylation sites (tertiary alicyclic amines) is 1. The third kappa shape index (κ3) is 3.83. The highest BCUT2D eigenvalue weighted by Gasteiger charge is 2.30. The monoisotopic (exact) mass is 317 g/mol. The second kappa shape index (κ2) is 7.77. The maximum absolute atomic E-state index is 12.8. The minimum atomic E-state index is 0.0605. The first-order chi connectivity index (χ1) is 11.3. The Labute approximate surface area is 138 Å². The van der Waals surface area contributed by atoms with Gasteiger partial charge in [0.25, 0.3) is 5.91 Å². The van der Waals surface area contributed by atoms with Crippen molar-refractivity contribution in [2.45, 2.75) is 32.6 Å². The molecule has 0 unspecified atom stereocenters. The lowest BCUT2D eigenvalue weighted by atomic mass is 9.79. The topological polar surface area (TPSA) is 54.5 Å². The summed E-state index contributed by atoms with van der Waals surface area (Å²) in [4.78, 5) is 18.9. The number of pyridine rings is 1. The Balaban J connectivity index is 1.60. The second-order valence-corrected chi connectivity index (χ2v) is 6.51. The summed E-state index contributed by atoms with van der Waals surface area (Å²) in [7, 11) is 0. The lowest BCUT2D eigenvalue weighted by Gasteiger charge is -2.37. The summed E-state index contributed by atoms with van der Waals surface area (Å²) in [5.74, 6) is 2.14. The van der Waals surface area contributed by atoms with Gasteiger partial charge in [0, 0.05) is 19.3 Å². The second-order valence-electron chi connectivity index (χ2n) is 6.51. The molecule has 0 bridgehead atoms. The molecule has 0 aliphatic carbocycles. The molecule has 1 aromatic rings. The lowest BCUT2D eigenvalue weighted by molar-refractivity contribution is 0.0637. The van der Waals surface area contributed by atoms with Crippen LogP contribution in [0.5, 0.6) is 5.88 Å². The first-order valence-corrected chi connectivity index (χ1v) is 8.87. The van der Waals surface area contributed by atoms with Gasteiger partial charge in [-0.05, 0) is 69.7 Å². The Morgan fingerprint density at radius 3 is 2.65 bits per heavy atom. The van der Waals surface area contributed by atoms with E-state index in [2.05, 4.69) is 10.3 Å². The van der Waals surface area contributed by atoms with Crippen LogP contribution in [-0.2, 0) is 0 Å². The van der Waals surface area contributed by atoms with Gasteiger partial charge in [-0.2, -0.15) is 0 Å². The highest BCUT2D eigenvalue weighted by Crippen LogP contribution is 2.31. The largest absolute Gasteiger partial charge is 0.477 e. The van der Waals surface area contributed by atoms with Gasteiger partial charge in [-0.1, -0.05) is 0 Å². The highest BCUT2D eigenvalue weighted by atomic mass is 16.5. The molecule has 1 N–H and O–H groups in total. The van der Waals surface area contributed by atoms with Crippen LogP contribution in [0.25, 0.3) is 0 Å². The van der Waals surface area contributed by atoms with Gasteiger partial charge in [-0.25, -0.2) is 4.98 Å². The van der Waals surface area contributed by atoms with Crippen LogP contribution in [0.4, 0.5) is 0 Å². The van der Waals surface area contributed by atoms with Gasteiger partial charge >= 0.3 is 0 Å². The van der Waals surface area contributed by atoms with Crippen LogP contribution in [0.3, 0.4) is 0 Å². The van der Waals surface area contributed by atoms with Crippen LogP contribution in [-0.4, -0.2) is 48.6 Å². The van der Waals surface area contributed by atoms with Crippen LogP contribution in [0.15, 0.2) is 18.3 Å². The van der Waals surface area contributed by atoms with Crippen molar-refractivity contribution in [3.8, 4) is 5.88 Å². The molecule has 126 valence electrons. The van der Waals surface area contributed by atoms with E-state index in [1.807, 2.05) is 17.9 Å². The van der Waals surface area contributed by atoms with Crippen molar-refractivity contribution in [2.24, 2.45) is 11.8 Å². The predicted octanol–water partition coefficient (Wildman–Crippen LogP) is 2.33. The molecule has 0 aromatic carbocycles. The van der Waals surface area contributed by atoms with Crippen LogP contribution in [0.1, 0.15) is 43.0 Å². The summed E-state index contributed by atoms with van der Waals surface area (Å²) in [5.41, 5.74) is 0.592. The van der Waals surface area contributed by atoms with Crippen molar-refractivity contribution < 1.29 is 9.53 Å². The molecule has 5 heteroatoms. The molecule has 2 aliphatic heterocycles. The van der Waals surface area contributed by atoms with E-state index in [4.69, 9.17) is 4.74 Å². The maximum Gasteiger partial charge on any atom is 0.259 e. The number of carbonyl (C=O) groups is 1. The minimum Gasteiger partial charge on any atom is -0.477 e. The number of piperidine rings is 2. The number of amides is 1. The third-order valence-electron chi connectivity index (χ3n) is 5.16. The first-order valence-electron chi connectivity index (χ1n) is 8.87. The maximum atomic E-state index is 12.8. The van der Waals surface area contributed by atoms with Crippen molar-refractivity contribution in [3.63, 3.8) is 0 Å². The molecular formula is C18H27N3O2. The van der Waals surface area contributed by atoms with Gasteiger partial charge in [0.05, 0.1) is 6.61 Å². The molecule has 2 saturated heterocycles. The van der Waals surface area contributed by atoms with Gasteiger partial charge in [-0.15, -0.1) is 0 Å². The average molecular weight is 317 g/mol. The molecular weight excluding hydrogens is 290 g/mol. The Morgan fingerprint density at radius 2 is 1.96 bits per heavy atom. The molecule has 0 atom stereocenters. The van der Waals surface area contributed by atoms with Crippen molar-refractivity contribution in [1.29, 1.82) is 0 Å². The fourth-order valence-electron chi connectivity index (χ4n) is 3.87. The molecule has 1 amide bonds. The summed E-state index contributed by atoms with van der Waals surface area (Å²) in [6, 6.07) is 3.62. The zero-order valence-corrected chi connectivity index (χ0v) is 14.0. The molecule has 1 aromatic heterocycles.